The van der Waals surface area contributed by atoms with Crippen LogP contribution in [0.4, 0.5) is 11.5 Å². The number of aliphatic hydroxyl groups is 2. The Bertz CT molecular complexity index is 534. The van der Waals surface area contributed by atoms with Gasteiger partial charge in [-0.15, -0.1) is 0 Å². The highest BCUT2D eigenvalue weighted by Crippen LogP contribution is 2.11. The van der Waals surface area contributed by atoms with E-state index in [0.717, 1.165) is 0 Å². The molecule has 0 aliphatic heterocycles. The summed E-state index contributed by atoms with van der Waals surface area (Å²) in [7, 11) is 0. The third kappa shape index (κ3) is 3.83. The first-order chi connectivity index (χ1) is 8.86. The molecule has 1 atom stereocenters. The maximum atomic E-state index is 11.7. The van der Waals surface area contributed by atoms with Gasteiger partial charge in [-0.1, -0.05) is 13.8 Å². The van der Waals surface area contributed by atoms with Crippen molar-refractivity contribution in [3.63, 3.8) is 0 Å². The van der Waals surface area contributed by atoms with Crippen molar-refractivity contribution < 1.29 is 10.2 Å². The van der Waals surface area contributed by atoms with Crippen LogP contribution in [-0.4, -0.2) is 39.0 Å². The Morgan fingerprint density at radius 2 is 2.05 bits per heavy atom. The lowest BCUT2D eigenvalue weighted by molar-refractivity contribution is 0.105. The number of hydrogen-bond donors (Lipinski definition) is 5. The van der Waals surface area contributed by atoms with Crippen molar-refractivity contribution in [1.82, 2.24) is 9.55 Å². The normalized spacial score (nSPS) is 12.7. The maximum absolute atomic E-state index is 11.7. The van der Waals surface area contributed by atoms with Gasteiger partial charge < -0.3 is 21.3 Å². The van der Waals surface area contributed by atoms with E-state index in [1.807, 2.05) is 13.8 Å². The molecule has 8 nitrogen and oxygen atoms in total. The van der Waals surface area contributed by atoms with Crippen LogP contribution in [-0.2, 0) is 6.54 Å². The zero-order valence-corrected chi connectivity index (χ0v) is 11.0. The highest BCUT2D eigenvalue weighted by atomic mass is 16.3. The van der Waals surface area contributed by atoms with Gasteiger partial charge in [0.2, 0.25) is 0 Å². The number of nitrogens with two attached hydrogens (primary N) is 1. The Morgan fingerprint density at radius 1 is 1.42 bits per heavy atom. The average Bonchev–Trinajstić information content (AvgIpc) is 2.33. The molecule has 0 radical (unpaired) electrons. The Labute approximate surface area is 109 Å². The van der Waals surface area contributed by atoms with Crippen molar-refractivity contribution in [2.24, 2.45) is 5.92 Å². The fraction of sp³-hybridized carbons (Fsp3) is 0.636. The fourth-order valence-electron chi connectivity index (χ4n) is 1.59. The number of aliphatic hydroxyl groups excluding tert-OH is 2. The van der Waals surface area contributed by atoms with Crippen molar-refractivity contribution in [3.8, 4) is 0 Å². The highest BCUT2D eigenvalue weighted by Gasteiger charge is 2.13. The first kappa shape index (κ1) is 15.3. The van der Waals surface area contributed by atoms with E-state index in [2.05, 4.69) is 10.3 Å². The summed E-state index contributed by atoms with van der Waals surface area (Å²) in [5.74, 6) is 0.203. The minimum Gasteiger partial charge on any atom is -0.394 e. The van der Waals surface area contributed by atoms with Crippen LogP contribution in [0.15, 0.2) is 9.59 Å². The number of H-pyrrole nitrogens is 1. The minimum atomic E-state index is -1.01. The summed E-state index contributed by atoms with van der Waals surface area (Å²) in [6.07, 6.45) is -1.01. The molecule has 0 aromatic carbocycles. The molecule has 1 aromatic rings. The monoisotopic (exact) mass is 272 g/mol. The minimum absolute atomic E-state index is 0.0209. The highest BCUT2D eigenvalue weighted by molar-refractivity contribution is 5.60. The van der Waals surface area contributed by atoms with Crippen LogP contribution in [0.1, 0.15) is 13.8 Å². The molecule has 108 valence electrons. The third-order valence-electron chi connectivity index (χ3n) is 2.51. The Morgan fingerprint density at radius 3 is 2.58 bits per heavy atom. The molecule has 0 saturated heterocycles. The number of nitrogen functional groups attached to an aromatic ring is 1. The van der Waals surface area contributed by atoms with Crippen molar-refractivity contribution in [1.29, 1.82) is 0 Å². The second kappa shape index (κ2) is 6.39. The molecule has 0 bridgehead atoms. The van der Waals surface area contributed by atoms with Crippen LogP contribution in [0.5, 0.6) is 0 Å². The van der Waals surface area contributed by atoms with Crippen LogP contribution in [0.3, 0.4) is 0 Å². The molecule has 0 aliphatic carbocycles. The fourth-order valence-corrected chi connectivity index (χ4v) is 1.59. The van der Waals surface area contributed by atoms with Crippen molar-refractivity contribution in [3.05, 3.63) is 20.8 Å². The molecule has 1 aromatic heterocycles. The number of aromatic amines is 1. The summed E-state index contributed by atoms with van der Waals surface area (Å²) >= 11 is 0. The van der Waals surface area contributed by atoms with Crippen LogP contribution in [0.25, 0.3) is 0 Å². The molecular weight excluding hydrogens is 252 g/mol. The quantitative estimate of drug-likeness (QED) is 0.430. The Balaban J connectivity index is 3.10. The molecule has 0 spiro atoms. The summed E-state index contributed by atoms with van der Waals surface area (Å²) < 4.78 is 1.26. The average molecular weight is 272 g/mol. The molecule has 1 unspecified atom stereocenters. The molecular formula is C11H20N4O4. The van der Waals surface area contributed by atoms with E-state index in [1.165, 1.54) is 4.57 Å². The van der Waals surface area contributed by atoms with Gasteiger partial charge in [0, 0.05) is 13.1 Å². The number of hydrogen-bond acceptors (Lipinski definition) is 6. The molecule has 0 amide bonds. The molecule has 1 rings (SSSR count). The van der Waals surface area contributed by atoms with E-state index in [4.69, 9.17) is 10.8 Å². The first-order valence-electron chi connectivity index (χ1n) is 6.02. The molecule has 0 fully saturated rings. The largest absolute Gasteiger partial charge is 0.394 e. The summed E-state index contributed by atoms with van der Waals surface area (Å²) in [6, 6.07) is 0. The molecule has 8 heteroatoms. The Kier molecular flexibility index (Phi) is 5.13. The number of nitrogens with one attached hydrogen (secondary N) is 2. The van der Waals surface area contributed by atoms with E-state index in [-0.39, 0.29) is 24.0 Å². The molecule has 1 heterocycles. The van der Waals surface area contributed by atoms with E-state index >= 15 is 0 Å². The van der Waals surface area contributed by atoms with E-state index < -0.39 is 24.0 Å². The molecule has 0 aliphatic rings. The van der Waals surface area contributed by atoms with Crippen LogP contribution in [0.2, 0.25) is 0 Å². The lowest BCUT2D eigenvalue weighted by atomic mass is 10.2. The van der Waals surface area contributed by atoms with Gasteiger partial charge >= 0.3 is 5.69 Å². The van der Waals surface area contributed by atoms with Gasteiger partial charge in [0.25, 0.3) is 5.56 Å². The van der Waals surface area contributed by atoms with E-state index in [0.29, 0.717) is 6.54 Å². The standard InChI is InChI=1S/C11H20N4O4/c1-6(2)4-15-9(12)8(10(18)14-11(15)19)13-3-7(17)5-16/h6-7,13,16-17H,3-5,12H2,1-2H3,(H,14,18,19). The van der Waals surface area contributed by atoms with Gasteiger partial charge in [-0.05, 0) is 5.92 Å². The second-order valence-electron chi connectivity index (χ2n) is 4.74. The number of nitrogens with zero attached hydrogens (tertiary/aromatic N) is 1. The van der Waals surface area contributed by atoms with Gasteiger partial charge in [0.05, 0.1) is 12.7 Å². The lowest BCUT2D eigenvalue weighted by Gasteiger charge is -2.16. The Hall–Kier alpha value is -1.80. The van der Waals surface area contributed by atoms with Gasteiger partial charge in [-0.2, -0.15) is 0 Å². The lowest BCUT2D eigenvalue weighted by Crippen LogP contribution is -2.36. The number of rotatable bonds is 6. The van der Waals surface area contributed by atoms with Crippen LogP contribution in [0, 0.1) is 5.92 Å². The van der Waals surface area contributed by atoms with E-state index in [1.54, 1.807) is 0 Å². The van der Waals surface area contributed by atoms with E-state index in [9.17, 15) is 14.7 Å². The number of anilines is 2. The maximum Gasteiger partial charge on any atom is 0.330 e. The van der Waals surface area contributed by atoms with Crippen molar-refractivity contribution in [2.45, 2.75) is 26.5 Å². The second-order valence-corrected chi connectivity index (χ2v) is 4.74. The summed E-state index contributed by atoms with van der Waals surface area (Å²) in [5.41, 5.74) is 4.61. The molecule has 0 saturated carbocycles. The predicted molar refractivity (Wildman–Crippen MR) is 72.2 cm³/mol. The van der Waals surface area contributed by atoms with Crippen LogP contribution >= 0.6 is 0 Å². The van der Waals surface area contributed by atoms with Crippen molar-refractivity contribution >= 4 is 11.5 Å². The van der Waals surface area contributed by atoms with Crippen molar-refractivity contribution in [2.75, 3.05) is 24.2 Å². The molecule has 19 heavy (non-hydrogen) atoms. The zero-order chi connectivity index (χ0) is 14.6. The van der Waals surface area contributed by atoms with Gasteiger partial charge in [-0.3, -0.25) is 14.3 Å². The third-order valence-corrected chi connectivity index (χ3v) is 2.51. The summed E-state index contributed by atoms with van der Waals surface area (Å²) in [5, 5.41) is 20.6. The topological polar surface area (TPSA) is 133 Å². The first-order valence-corrected chi connectivity index (χ1v) is 6.02. The van der Waals surface area contributed by atoms with Gasteiger partial charge in [0.15, 0.2) is 0 Å². The number of aromatic nitrogens is 2. The zero-order valence-electron chi connectivity index (χ0n) is 11.0. The summed E-state index contributed by atoms with van der Waals surface area (Å²) in [6.45, 7) is 3.73. The summed E-state index contributed by atoms with van der Waals surface area (Å²) in [4.78, 5) is 25.5. The van der Waals surface area contributed by atoms with Crippen LogP contribution < -0.4 is 22.3 Å². The van der Waals surface area contributed by atoms with Gasteiger partial charge in [0.1, 0.15) is 11.5 Å². The SMILES string of the molecule is CC(C)Cn1c(N)c(NCC(O)CO)c(=O)[nH]c1=O. The molecule has 6 N–H and O–H groups in total. The predicted octanol–water partition coefficient (Wildman–Crippen LogP) is -1.46. The van der Waals surface area contributed by atoms with Gasteiger partial charge in [-0.25, -0.2) is 4.79 Å². The smallest absolute Gasteiger partial charge is 0.330 e.